The van der Waals surface area contributed by atoms with Crippen molar-refractivity contribution in [2.75, 3.05) is 5.32 Å². The molecule has 1 N–H and O–H groups in total. The van der Waals surface area contributed by atoms with Gasteiger partial charge in [-0.1, -0.05) is 73.2 Å². The number of para-hydroxylation sites is 2. The fourth-order valence-corrected chi connectivity index (χ4v) is 5.44. The van der Waals surface area contributed by atoms with Crippen LogP contribution in [-0.2, 0) is 13.0 Å². The molecule has 190 valence electrons. The van der Waals surface area contributed by atoms with E-state index in [1.165, 1.54) is 0 Å². The molecule has 3 heterocycles. The van der Waals surface area contributed by atoms with Gasteiger partial charge in [-0.3, -0.25) is 0 Å². The number of aromatic nitrogens is 3. The van der Waals surface area contributed by atoms with E-state index < -0.39 is 0 Å². The Kier molecular flexibility index (Phi) is 6.08. The van der Waals surface area contributed by atoms with E-state index in [0.29, 0.717) is 6.54 Å². The molecule has 0 spiro atoms. The van der Waals surface area contributed by atoms with Gasteiger partial charge in [0.1, 0.15) is 5.82 Å². The lowest BCUT2D eigenvalue weighted by atomic mass is 10.00. The molecule has 0 saturated heterocycles. The van der Waals surface area contributed by atoms with Crippen LogP contribution in [0, 0.1) is 13.8 Å². The number of anilines is 1. The van der Waals surface area contributed by atoms with Gasteiger partial charge in [-0.15, -0.1) is 0 Å². The van der Waals surface area contributed by atoms with Crippen molar-refractivity contribution in [3.05, 3.63) is 131 Å². The van der Waals surface area contributed by atoms with Crippen LogP contribution in [0.15, 0.2) is 97.2 Å². The topological polar surface area (TPSA) is 55.1 Å². The van der Waals surface area contributed by atoms with Gasteiger partial charge in [0.2, 0.25) is 0 Å². The molecule has 0 unspecified atom stereocenters. The van der Waals surface area contributed by atoms with Crippen LogP contribution in [0.5, 0.6) is 0 Å². The van der Waals surface area contributed by atoms with Crippen LogP contribution in [0.2, 0.25) is 0 Å². The third-order valence-corrected chi connectivity index (χ3v) is 7.31. The van der Waals surface area contributed by atoms with E-state index in [1.807, 2.05) is 59.0 Å². The van der Waals surface area contributed by atoms with E-state index in [1.54, 1.807) is 0 Å². The van der Waals surface area contributed by atoms with Crippen molar-refractivity contribution in [3.63, 3.8) is 0 Å². The van der Waals surface area contributed by atoms with Crippen molar-refractivity contribution in [1.29, 1.82) is 0 Å². The summed E-state index contributed by atoms with van der Waals surface area (Å²) in [6, 6.07) is 30.3. The first-order chi connectivity index (χ1) is 18.5. The minimum atomic E-state index is -0.282. The highest BCUT2D eigenvalue weighted by Crippen LogP contribution is 2.39. The minimum absolute atomic E-state index is 0.138. The van der Waals surface area contributed by atoms with E-state index in [9.17, 15) is 4.79 Å². The molecule has 38 heavy (non-hydrogen) atoms. The molecule has 2 amide bonds. The first-order valence-corrected chi connectivity index (χ1v) is 13.1. The van der Waals surface area contributed by atoms with Gasteiger partial charge in [-0.25, -0.2) is 9.48 Å². The highest BCUT2D eigenvalue weighted by Gasteiger charge is 2.36. The molecule has 1 aliphatic heterocycles. The molecule has 0 saturated carbocycles. The van der Waals surface area contributed by atoms with Crippen LogP contribution in [0.4, 0.5) is 10.5 Å². The Labute approximate surface area is 223 Å². The van der Waals surface area contributed by atoms with Crippen LogP contribution in [-0.4, -0.2) is 25.3 Å². The molecule has 6 heteroatoms. The van der Waals surface area contributed by atoms with Crippen LogP contribution in [0.25, 0.3) is 11.5 Å². The third kappa shape index (κ3) is 4.08. The van der Waals surface area contributed by atoms with Crippen molar-refractivity contribution >= 4 is 11.7 Å². The predicted octanol–water partition coefficient (Wildman–Crippen LogP) is 6.98. The van der Waals surface area contributed by atoms with Gasteiger partial charge in [-0.05, 0) is 61.7 Å². The number of urea groups is 1. The van der Waals surface area contributed by atoms with Gasteiger partial charge >= 0.3 is 6.03 Å². The molecule has 0 aliphatic carbocycles. The second kappa shape index (κ2) is 9.71. The molecule has 2 aromatic heterocycles. The average molecular weight is 502 g/mol. The number of benzene rings is 3. The summed E-state index contributed by atoms with van der Waals surface area (Å²) in [5.74, 6) is 0.983. The number of fused-ring (bicyclic) bond motifs is 3. The Morgan fingerprint density at radius 3 is 2.50 bits per heavy atom. The highest BCUT2D eigenvalue weighted by molar-refractivity contribution is 5.91. The molecule has 1 aliphatic rings. The highest BCUT2D eigenvalue weighted by atomic mass is 16.2. The number of amides is 2. The normalized spacial score (nSPS) is 14.5. The maximum atomic E-state index is 14.1. The first-order valence-electron chi connectivity index (χ1n) is 13.1. The lowest BCUT2D eigenvalue weighted by Gasteiger charge is -2.31. The second-order valence-corrected chi connectivity index (χ2v) is 9.84. The van der Waals surface area contributed by atoms with Crippen LogP contribution < -0.4 is 5.32 Å². The summed E-state index contributed by atoms with van der Waals surface area (Å²) < 4.78 is 4.23. The molecule has 0 fully saturated rings. The smallest absolute Gasteiger partial charge is 0.308 e. The van der Waals surface area contributed by atoms with Gasteiger partial charge in [-0.2, -0.15) is 5.10 Å². The van der Waals surface area contributed by atoms with Crippen molar-refractivity contribution in [2.24, 2.45) is 0 Å². The van der Waals surface area contributed by atoms with Crippen molar-refractivity contribution < 1.29 is 4.79 Å². The number of carbonyl (C=O) groups is 1. The molecule has 6 rings (SSSR count). The second-order valence-electron chi connectivity index (χ2n) is 9.84. The average Bonchev–Trinajstić information content (AvgIpc) is 3.51. The monoisotopic (exact) mass is 501 g/mol. The van der Waals surface area contributed by atoms with E-state index in [2.05, 4.69) is 78.5 Å². The van der Waals surface area contributed by atoms with Crippen LogP contribution >= 0.6 is 0 Å². The predicted molar refractivity (Wildman–Crippen MR) is 151 cm³/mol. The zero-order valence-electron chi connectivity index (χ0n) is 21.9. The number of carbonyl (C=O) groups excluding carboxylic acids is 1. The van der Waals surface area contributed by atoms with E-state index in [0.717, 1.165) is 57.3 Å². The Balaban J connectivity index is 1.57. The quantitative estimate of drug-likeness (QED) is 0.289. The number of hydrogen-bond donors (Lipinski definition) is 1. The third-order valence-electron chi connectivity index (χ3n) is 7.31. The van der Waals surface area contributed by atoms with Crippen molar-refractivity contribution in [3.8, 4) is 11.5 Å². The summed E-state index contributed by atoms with van der Waals surface area (Å²) in [5, 5.41) is 8.24. The van der Waals surface area contributed by atoms with Crippen LogP contribution in [0.3, 0.4) is 0 Å². The zero-order chi connectivity index (χ0) is 26.2. The number of nitrogens with zero attached hydrogens (tertiary/aromatic N) is 4. The Morgan fingerprint density at radius 1 is 0.947 bits per heavy atom. The Hall–Kier alpha value is -4.58. The molecule has 0 bridgehead atoms. The summed E-state index contributed by atoms with van der Waals surface area (Å²) in [7, 11) is 0. The fourth-order valence-electron chi connectivity index (χ4n) is 5.44. The number of nitrogens with one attached hydrogen (secondary N) is 1. The summed E-state index contributed by atoms with van der Waals surface area (Å²) in [4.78, 5) is 16.1. The van der Waals surface area contributed by atoms with Crippen LogP contribution in [0.1, 0.15) is 46.6 Å². The molecule has 6 nitrogen and oxygen atoms in total. The lowest BCUT2D eigenvalue weighted by molar-refractivity contribution is 0.194. The molecule has 0 radical (unpaired) electrons. The fraction of sp³-hybridized carbons (Fsp3) is 0.188. The SMILES string of the molecule is CCc1nn(-c2ccccc2)c2c1CN(C(=O)Nc1ccccc1C)[C@@H](c1cccc(C)c1)c1cccn1-2. The van der Waals surface area contributed by atoms with Gasteiger partial charge in [0.25, 0.3) is 0 Å². The molecular weight excluding hydrogens is 470 g/mol. The zero-order valence-corrected chi connectivity index (χ0v) is 21.9. The van der Waals surface area contributed by atoms with Gasteiger partial charge in [0, 0.05) is 17.4 Å². The Morgan fingerprint density at radius 2 is 1.74 bits per heavy atom. The summed E-state index contributed by atoms with van der Waals surface area (Å²) >= 11 is 0. The largest absolute Gasteiger partial charge is 0.322 e. The number of aryl methyl sites for hydroxylation is 3. The first kappa shape index (κ1) is 23.8. The maximum Gasteiger partial charge on any atom is 0.322 e. The molecular formula is C32H31N5O. The lowest BCUT2D eigenvalue weighted by Crippen LogP contribution is -2.38. The molecule has 3 aromatic carbocycles. The van der Waals surface area contributed by atoms with E-state index in [4.69, 9.17) is 5.10 Å². The summed E-state index contributed by atoms with van der Waals surface area (Å²) in [6.45, 7) is 6.66. The van der Waals surface area contributed by atoms with Crippen molar-refractivity contribution in [1.82, 2.24) is 19.2 Å². The maximum absolute atomic E-state index is 14.1. The minimum Gasteiger partial charge on any atom is -0.308 e. The van der Waals surface area contributed by atoms with E-state index in [-0.39, 0.29) is 12.1 Å². The van der Waals surface area contributed by atoms with Gasteiger partial charge in [0.15, 0.2) is 0 Å². The van der Waals surface area contributed by atoms with Gasteiger partial charge < -0.3 is 14.8 Å². The standard InChI is InChI=1S/C32H31N5O/c1-4-27-26-21-36(32(38)33-28-17-9-8-13-23(28)3)30(24-14-10-12-22(2)20-24)29-18-11-19-35(29)31(26)37(34-27)25-15-6-5-7-16-25/h5-20,30H,4,21H2,1-3H3,(H,33,38)/t30-/m0/s1. The number of rotatable bonds is 4. The van der Waals surface area contributed by atoms with E-state index >= 15 is 0 Å². The Bertz CT molecular complexity index is 1610. The van der Waals surface area contributed by atoms with Gasteiger partial charge in [0.05, 0.1) is 29.7 Å². The van der Waals surface area contributed by atoms with Crippen molar-refractivity contribution in [2.45, 2.75) is 39.8 Å². The molecule has 5 aromatic rings. The number of hydrogen-bond acceptors (Lipinski definition) is 2. The summed E-state index contributed by atoms with van der Waals surface area (Å²) in [5.41, 5.74) is 8.14. The molecule has 1 atom stereocenters. The summed E-state index contributed by atoms with van der Waals surface area (Å²) in [6.07, 6.45) is 2.85.